The highest BCUT2D eigenvalue weighted by molar-refractivity contribution is 7.99. The number of methoxy groups -OCH3 is 1. The third kappa shape index (κ3) is 4.74. The van der Waals surface area contributed by atoms with Crippen molar-refractivity contribution in [1.82, 2.24) is 14.8 Å². The molecule has 1 heterocycles. The first-order valence-corrected chi connectivity index (χ1v) is 9.00. The second kappa shape index (κ2) is 8.73. The molecule has 130 valence electrons. The fraction of sp³-hybridized carbons (Fsp3) is 0.471. The van der Waals surface area contributed by atoms with E-state index in [1.807, 2.05) is 17.6 Å². The van der Waals surface area contributed by atoms with E-state index >= 15 is 0 Å². The number of aryl methyl sites for hydroxylation is 3. The van der Waals surface area contributed by atoms with E-state index in [1.54, 1.807) is 7.11 Å². The van der Waals surface area contributed by atoms with Gasteiger partial charge in [-0.2, -0.15) is 0 Å². The first-order chi connectivity index (χ1) is 11.5. The molecular formula is C17H24N4O2S. The van der Waals surface area contributed by atoms with Gasteiger partial charge in [0.15, 0.2) is 5.16 Å². The molecule has 0 aliphatic heterocycles. The first-order valence-electron chi connectivity index (χ1n) is 8.01. The Morgan fingerprint density at radius 2 is 2.12 bits per heavy atom. The molecule has 2 rings (SSSR count). The minimum atomic E-state index is -0.345. The Bertz CT molecular complexity index is 700. The summed E-state index contributed by atoms with van der Waals surface area (Å²) in [4.78, 5) is 10.9. The third-order valence-corrected chi connectivity index (χ3v) is 4.77. The van der Waals surface area contributed by atoms with Crippen molar-refractivity contribution < 1.29 is 9.53 Å². The molecule has 0 saturated heterocycles. The molecule has 0 atom stereocenters. The van der Waals surface area contributed by atoms with Crippen LogP contribution in [0.1, 0.15) is 30.3 Å². The summed E-state index contributed by atoms with van der Waals surface area (Å²) in [5, 5.41) is 9.19. The van der Waals surface area contributed by atoms with Gasteiger partial charge in [-0.05, 0) is 43.9 Å². The minimum absolute atomic E-state index is 0.225. The Labute approximate surface area is 146 Å². The predicted octanol–water partition coefficient (Wildman–Crippen LogP) is 2.37. The second-order valence-corrected chi connectivity index (χ2v) is 6.50. The topological polar surface area (TPSA) is 83.0 Å². The Morgan fingerprint density at radius 1 is 1.33 bits per heavy atom. The number of rotatable bonds is 9. The number of ether oxygens (including phenoxy) is 1. The number of nitrogens with zero attached hydrogens (tertiary/aromatic N) is 3. The van der Waals surface area contributed by atoms with Crippen LogP contribution in [-0.4, -0.2) is 33.5 Å². The molecular weight excluding hydrogens is 324 g/mol. The highest BCUT2D eigenvalue weighted by Gasteiger charge is 2.12. The van der Waals surface area contributed by atoms with Gasteiger partial charge >= 0.3 is 0 Å². The van der Waals surface area contributed by atoms with E-state index in [9.17, 15) is 4.79 Å². The van der Waals surface area contributed by atoms with Crippen molar-refractivity contribution in [2.45, 2.75) is 44.8 Å². The van der Waals surface area contributed by atoms with Crippen LogP contribution in [0.25, 0.3) is 0 Å². The molecule has 6 nitrogen and oxygen atoms in total. The van der Waals surface area contributed by atoms with Crippen LogP contribution in [0, 0.1) is 6.92 Å². The quantitative estimate of drug-likeness (QED) is 0.704. The third-order valence-electron chi connectivity index (χ3n) is 3.78. The van der Waals surface area contributed by atoms with E-state index in [2.05, 4.69) is 29.3 Å². The summed E-state index contributed by atoms with van der Waals surface area (Å²) in [7, 11) is 1.69. The first kappa shape index (κ1) is 18.3. The molecule has 0 fully saturated rings. The normalized spacial score (nSPS) is 10.8. The highest BCUT2D eigenvalue weighted by Crippen LogP contribution is 2.21. The van der Waals surface area contributed by atoms with Crippen molar-refractivity contribution in [2.24, 2.45) is 5.73 Å². The van der Waals surface area contributed by atoms with Gasteiger partial charge in [0, 0.05) is 13.0 Å². The average molecular weight is 348 g/mol. The maximum absolute atomic E-state index is 10.9. The summed E-state index contributed by atoms with van der Waals surface area (Å²) >= 11 is 1.34. The van der Waals surface area contributed by atoms with Gasteiger partial charge in [-0.15, -0.1) is 10.2 Å². The van der Waals surface area contributed by atoms with Gasteiger partial charge in [0.05, 0.1) is 12.9 Å². The van der Waals surface area contributed by atoms with Gasteiger partial charge in [-0.25, -0.2) is 0 Å². The Hall–Kier alpha value is -2.02. The summed E-state index contributed by atoms with van der Waals surface area (Å²) < 4.78 is 7.34. The molecule has 1 aromatic carbocycles. The molecule has 24 heavy (non-hydrogen) atoms. The van der Waals surface area contributed by atoms with E-state index in [1.165, 1.54) is 17.3 Å². The lowest BCUT2D eigenvalue weighted by molar-refractivity contribution is -0.115. The highest BCUT2D eigenvalue weighted by atomic mass is 32.2. The van der Waals surface area contributed by atoms with Crippen molar-refractivity contribution >= 4 is 17.7 Å². The Morgan fingerprint density at radius 3 is 2.75 bits per heavy atom. The molecule has 1 amide bonds. The lowest BCUT2D eigenvalue weighted by Gasteiger charge is -2.08. The van der Waals surface area contributed by atoms with Gasteiger partial charge in [0.2, 0.25) is 5.91 Å². The summed E-state index contributed by atoms with van der Waals surface area (Å²) in [5.41, 5.74) is 7.63. The number of carbonyl (C=O) groups excluding carboxylic acids is 1. The number of amides is 1. The van der Waals surface area contributed by atoms with Gasteiger partial charge < -0.3 is 15.0 Å². The number of benzene rings is 1. The van der Waals surface area contributed by atoms with Crippen molar-refractivity contribution in [3.05, 3.63) is 35.2 Å². The average Bonchev–Trinajstić information content (AvgIpc) is 2.95. The SMILES string of the molecule is CCn1c(CCCc2ccc(OC)c(C)c2)nnc1SCC(N)=O. The smallest absolute Gasteiger partial charge is 0.227 e. The van der Waals surface area contributed by atoms with E-state index in [0.717, 1.165) is 48.1 Å². The van der Waals surface area contributed by atoms with E-state index in [-0.39, 0.29) is 11.7 Å². The minimum Gasteiger partial charge on any atom is -0.496 e. The maximum atomic E-state index is 10.9. The monoisotopic (exact) mass is 348 g/mol. The Balaban J connectivity index is 1.94. The van der Waals surface area contributed by atoms with Crippen LogP contribution in [0.4, 0.5) is 0 Å². The van der Waals surface area contributed by atoms with Crippen molar-refractivity contribution in [3.63, 3.8) is 0 Å². The van der Waals surface area contributed by atoms with Gasteiger partial charge in [0.25, 0.3) is 0 Å². The summed E-state index contributed by atoms with van der Waals surface area (Å²) in [6.07, 6.45) is 2.82. The van der Waals surface area contributed by atoms with Gasteiger partial charge in [0.1, 0.15) is 11.6 Å². The molecule has 0 bridgehead atoms. The van der Waals surface area contributed by atoms with Crippen molar-refractivity contribution in [3.8, 4) is 5.75 Å². The van der Waals surface area contributed by atoms with Crippen LogP contribution >= 0.6 is 11.8 Å². The number of thioether (sulfide) groups is 1. The fourth-order valence-electron chi connectivity index (χ4n) is 2.61. The van der Waals surface area contributed by atoms with Crippen LogP contribution in [0.5, 0.6) is 5.75 Å². The molecule has 0 aliphatic rings. The van der Waals surface area contributed by atoms with Gasteiger partial charge in [-0.3, -0.25) is 4.79 Å². The number of hydrogen-bond acceptors (Lipinski definition) is 5. The molecule has 2 N–H and O–H groups in total. The molecule has 0 spiro atoms. The summed E-state index contributed by atoms with van der Waals surface area (Å²) in [5.74, 6) is 1.75. The number of nitrogens with two attached hydrogens (primary N) is 1. The molecule has 1 aromatic heterocycles. The zero-order valence-electron chi connectivity index (χ0n) is 14.4. The largest absolute Gasteiger partial charge is 0.496 e. The van der Waals surface area contributed by atoms with Crippen molar-refractivity contribution in [1.29, 1.82) is 0 Å². The van der Waals surface area contributed by atoms with E-state index < -0.39 is 0 Å². The summed E-state index contributed by atoms with van der Waals surface area (Å²) in [6.45, 7) is 4.89. The number of carbonyl (C=O) groups is 1. The van der Waals surface area contributed by atoms with E-state index in [0.29, 0.717) is 0 Å². The lowest BCUT2D eigenvalue weighted by Crippen LogP contribution is -2.14. The van der Waals surface area contributed by atoms with Crippen LogP contribution in [0.2, 0.25) is 0 Å². The zero-order chi connectivity index (χ0) is 17.5. The maximum Gasteiger partial charge on any atom is 0.227 e. The van der Waals surface area contributed by atoms with Crippen molar-refractivity contribution in [2.75, 3.05) is 12.9 Å². The van der Waals surface area contributed by atoms with Crippen LogP contribution in [-0.2, 0) is 24.2 Å². The molecule has 2 aromatic rings. The second-order valence-electron chi connectivity index (χ2n) is 5.56. The standard InChI is InChI=1S/C17H24N4O2S/c1-4-21-16(19-20-17(21)24-11-15(18)22)7-5-6-13-8-9-14(23-3)12(2)10-13/h8-10H,4-7,11H2,1-3H3,(H2,18,22). The number of aromatic nitrogens is 3. The molecule has 0 aliphatic carbocycles. The summed E-state index contributed by atoms with van der Waals surface area (Å²) in [6, 6.07) is 6.28. The number of hydrogen-bond donors (Lipinski definition) is 1. The molecule has 7 heteroatoms. The Kier molecular flexibility index (Phi) is 6.66. The van der Waals surface area contributed by atoms with Gasteiger partial charge in [-0.1, -0.05) is 23.9 Å². The fourth-order valence-corrected chi connectivity index (χ4v) is 3.37. The van der Waals surface area contributed by atoms with Crippen LogP contribution in [0.3, 0.4) is 0 Å². The lowest BCUT2D eigenvalue weighted by atomic mass is 10.0. The molecule has 0 saturated carbocycles. The molecule has 0 unspecified atom stereocenters. The molecule has 0 radical (unpaired) electrons. The van der Waals surface area contributed by atoms with Crippen LogP contribution < -0.4 is 10.5 Å². The number of primary amides is 1. The zero-order valence-corrected chi connectivity index (χ0v) is 15.2. The predicted molar refractivity (Wildman–Crippen MR) is 95.4 cm³/mol. The van der Waals surface area contributed by atoms with Crippen LogP contribution in [0.15, 0.2) is 23.4 Å². The van der Waals surface area contributed by atoms with E-state index in [4.69, 9.17) is 10.5 Å².